The summed E-state index contributed by atoms with van der Waals surface area (Å²) in [4.78, 5) is 21.8. The Morgan fingerprint density at radius 1 is 1.67 bits per heavy atom. The van der Waals surface area contributed by atoms with Crippen molar-refractivity contribution in [3.8, 4) is 6.07 Å². The minimum atomic E-state index is -0.878. The van der Waals surface area contributed by atoms with Crippen LogP contribution >= 0.6 is 23.2 Å². The highest BCUT2D eigenvalue weighted by Gasteiger charge is 2.51. The highest BCUT2D eigenvalue weighted by atomic mass is 35.5. The van der Waals surface area contributed by atoms with Gasteiger partial charge in [-0.2, -0.15) is 5.26 Å². The topological polar surface area (TPSA) is 88.9 Å². The average molecular weight is 288 g/mol. The molecule has 94 valence electrons. The molecule has 18 heavy (non-hydrogen) atoms. The smallest absolute Gasteiger partial charge is 0.287 e. The summed E-state index contributed by atoms with van der Waals surface area (Å²) >= 11 is 11.7. The maximum atomic E-state index is 11.8. The Kier molecular flexibility index (Phi) is 3.05. The molecule has 0 radical (unpaired) electrons. The summed E-state index contributed by atoms with van der Waals surface area (Å²) in [5.41, 5.74) is -1.14. The molecule has 0 amide bonds. The van der Waals surface area contributed by atoms with Crippen molar-refractivity contribution < 1.29 is 4.92 Å². The van der Waals surface area contributed by atoms with E-state index in [1.165, 1.54) is 0 Å². The summed E-state index contributed by atoms with van der Waals surface area (Å²) in [6.07, 6.45) is 1.62. The third-order valence-corrected chi connectivity index (χ3v) is 3.70. The third kappa shape index (κ3) is 2.33. The van der Waals surface area contributed by atoms with E-state index in [0.29, 0.717) is 6.42 Å². The van der Waals surface area contributed by atoms with E-state index >= 15 is 0 Å². The summed E-state index contributed by atoms with van der Waals surface area (Å²) in [7, 11) is 0. The van der Waals surface area contributed by atoms with Gasteiger partial charge in [-0.1, -0.05) is 0 Å². The number of pyridine rings is 1. The summed E-state index contributed by atoms with van der Waals surface area (Å²) < 4.78 is 0.241. The number of hydrogen-bond acceptors (Lipinski definition) is 4. The van der Waals surface area contributed by atoms with Crippen molar-refractivity contribution in [3.05, 3.63) is 38.3 Å². The molecule has 1 heterocycles. The molecule has 0 N–H and O–H groups in total. The first-order valence-electron chi connectivity index (χ1n) is 5.02. The average Bonchev–Trinajstić information content (AvgIpc) is 2.88. The van der Waals surface area contributed by atoms with Gasteiger partial charge in [0.15, 0.2) is 0 Å². The Hall–Kier alpha value is -1.58. The number of alkyl halides is 2. The normalized spacial score (nSPS) is 20.2. The molecule has 0 bridgehead atoms. The summed E-state index contributed by atoms with van der Waals surface area (Å²) in [5, 5.41) is 19.5. The van der Waals surface area contributed by atoms with Gasteiger partial charge in [0.2, 0.25) is 0 Å². The van der Waals surface area contributed by atoms with Crippen LogP contribution in [0.5, 0.6) is 0 Å². The number of nitro groups is 1. The Bertz CT molecular complexity index is 618. The van der Waals surface area contributed by atoms with Crippen molar-refractivity contribution in [2.45, 2.75) is 17.3 Å². The van der Waals surface area contributed by atoms with Crippen LogP contribution in [0.15, 0.2) is 17.1 Å². The van der Waals surface area contributed by atoms with Crippen LogP contribution in [0.3, 0.4) is 0 Å². The van der Waals surface area contributed by atoms with E-state index in [1.807, 2.05) is 0 Å². The molecule has 0 spiro atoms. The molecule has 1 aromatic rings. The maximum absolute atomic E-state index is 11.8. The van der Waals surface area contributed by atoms with E-state index in [9.17, 15) is 14.9 Å². The fourth-order valence-corrected chi connectivity index (χ4v) is 2.15. The van der Waals surface area contributed by atoms with Gasteiger partial charge in [0.1, 0.15) is 16.0 Å². The van der Waals surface area contributed by atoms with Crippen LogP contribution in [0, 0.1) is 27.4 Å². The van der Waals surface area contributed by atoms with Gasteiger partial charge in [0.25, 0.3) is 11.2 Å². The van der Waals surface area contributed by atoms with Crippen LogP contribution in [0.4, 0.5) is 5.69 Å². The zero-order valence-electron chi connectivity index (χ0n) is 8.97. The number of hydrogen-bond donors (Lipinski definition) is 0. The van der Waals surface area contributed by atoms with Crippen LogP contribution < -0.4 is 5.56 Å². The van der Waals surface area contributed by atoms with Crippen LogP contribution in [-0.4, -0.2) is 13.8 Å². The molecule has 1 unspecified atom stereocenters. The van der Waals surface area contributed by atoms with Gasteiger partial charge < -0.3 is 4.57 Å². The molecule has 1 aliphatic carbocycles. The van der Waals surface area contributed by atoms with Crippen molar-refractivity contribution in [2.24, 2.45) is 5.92 Å². The van der Waals surface area contributed by atoms with Gasteiger partial charge in [-0.3, -0.25) is 14.9 Å². The maximum Gasteiger partial charge on any atom is 0.287 e. The third-order valence-electron chi connectivity index (χ3n) is 2.78. The molecule has 2 rings (SSSR count). The summed E-state index contributed by atoms with van der Waals surface area (Å²) in [5.74, 6) is -0.132. The molecule has 1 saturated carbocycles. The Balaban J connectivity index is 2.40. The van der Waals surface area contributed by atoms with Crippen molar-refractivity contribution in [1.29, 1.82) is 5.26 Å². The fraction of sp³-hybridized carbons (Fsp3) is 0.400. The lowest BCUT2D eigenvalue weighted by Crippen LogP contribution is -2.24. The molecule has 1 aliphatic rings. The monoisotopic (exact) mass is 287 g/mol. The number of rotatable bonds is 3. The largest absolute Gasteiger partial charge is 0.307 e. The van der Waals surface area contributed by atoms with Gasteiger partial charge in [0, 0.05) is 18.5 Å². The van der Waals surface area contributed by atoms with Gasteiger partial charge in [-0.05, 0) is 6.42 Å². The Labute approximate surface area is 111 Å². The van der Waals surface area contributed by atoms with Crippen molar-refractivity contribution in [3.63, 3.8) is 0 Å². The molecule has 6 nitrogen and oxygen atoms in total. The first kappa shape index (κ1) is 12.9. The summed E-state index contributed by atoms with van der Waals surface area (Å²) in [6.45, 7) is 0.169. The molecular formula is C10H7Cl2N3O3. The second-order valence-corrected chi connectivity index (χ2v) is 5.64. The highest BCUT2D eigenvalue weighted by Crippen LogP contribution is 2.53. The van der Waals surface area contributed by atoms with Gasteiger partial charge >= 0.3 is 0 Å². The van der Waals surface area contributed by atoms with Crippen LogP contribution in [0.2, 0.25) is 0 Å². The zero-order valence-corrected chi connectivity index (χ0v) is 10.5. The molecule has 8 heteroatoms. The molecule has 1 aromatic heterocycles. The van der Waals surface area contributed by atoms with Crippen LogP contribution in [-0.2, 0) is 6.54 Å². The summed E-state index contributed by atoms with van der Waals surface area (Å²) in [6, 6.07) is 2.60. The Morgan fingerprint density at radius 2 is 2.28 bits per heavy atom. The number of halogens is 2. The molecular weight excluding hydrogens is 281 g/mol. The van der Waals surface area contributed by atoms with E-state index in [4.69, 9.17) is 28.5 Å². The van der Waals surface area contributed by atoms with E-state index < -0.39 is 14.8 Å². The lowest BCUT2D eigenvalue weighted by Gasteiger charge is -2.05. The zero-order chi connectivity index (χ0) is 13.5. The van der Waals surface area contributed by atoms with Gasteiger partial charge in [-0.25, -0.2) is 0 Å². The molecule has 1 atom stereocenters. The van der Waals surface area contributed by atoms with Crippen LogP contribution in [0.1, 0.15) is 12.0 Å². The standard InChI is InChI=1S/C10H7Cl2N3O3/c11-10(12)2-7(10)4-14-5-8(15(17)18)1-6(3-13)9(14)16/h1,5,7H,2,4H2. The lowest BCUT2D eigenvalue weighted by molar-refractivity contribution is -0.385. The van der Waals surface area contributed by atoms with Gasteiger partial charge in [-0.15, -0.1) is 23.2 Å². The van der Waals surface area contributed by atoms with E-state index in [1.54, 1.807) is 6.07 Å². The highest BCUT2D eigenvalue weighted by molar-refractivity contribution is 6.50. The van der Waals surface area contributed by atoms with Crippen molar-refractivity contribution >= 4 is 28.9 Å². The van der Waals surface area contributed by atoms with E-state index in [-0.39, 0.29) is 23.7 Å². The molecule has 0 aromatic carbocycles. The predicted molar refractivity (Wildman–Crippen MR) is 64.6 cm³/mol. The van der Waals surface area contributed by atoms with Crippen LogP contribution in [0.25, 0.3) is 0 Å². The van der Waals surface area contributed by atoms with E-state index in [2.05, 4.69) is 0 Å². The second kappa shape index (κ2) is 4.26. The minimum absolute atomic E-state index is 0.132. The first-order chi connectivity index (χ1) is 8.35. The van der Waals surface area contributed by atoms with E-state index in [0.717, 1.165) is 16.8 Å². The first-order valence-corrected chi connectivity index (χ1v) is 5.77. The fourth-order valence-electron chi connectivity index (χ4n) is 1.64. The van der Waals surface area contributed by atoms with Gasteiger partial charge in [0.05, 0.1) is 11.1 Å². The molecule has 1 fully saturated rings. The SMILES string of the molecule is N#Cc1cc([N+](=O)[O-])cn(CC2CC2(Cl)Cl)c1=O. The quantitative estimate of drug-likeness (QED) is 0.482. The molecule has 0 aliphatic heterocycles. The number of nitriles is 1. The van der Waals surface area contributed by atoms with Crippen molar-refractivity contribution in [1.82, 2.24) is 4.57 Å². The minimum Gasteiger partial charge on any atom is -0.307 e. The Morgan fingerprint density at radius 3 is 2.72 bits per heavy atom. The second-order valence-electron chi connectivity index (χ2n) is 4.10. The lowest BCUT2D eigenvalue weighted by atomic mass is 10.2. The number of nitrogens with zero attached hydrogens (tertiary/aromatic N) is 3. The van der Waals surface area contributed by atoms with Crippen molar-refractivity contribution in [2.75, 3.05) is 0 Å². The predicted octanol–water partition coefficient (Wildman–Crippen LogP) is 1.82. The molecule has 0 saturated heterocycles. The number of aromatic nitrogens is 1.